The number of ether oxygens (including phenoxy) is 1. The van der Waals surface area contributed by atoms with E-state index in [0.717, 1.165) is 46.1 Å². The van der Waals surface area contributed by atoms with E-state index in [1.54, 1.807) is 7.11 Å². The molecule has 1 aliphatic rings. The number of aromatic hydroxyl groups is 1. The number of hydrogen-bond acceptors (Lipinski definition) is 2. The minimum atomic E-state index is 0.404. The maximum Gasteiger partial charge on any atom is 0.122 e. The monoisotopic (exact) mass is 290 g/mol. The fourth-order valence-corrected chi connectivity index (χ4v) is 3.59. The fraction of sp³-hybridized carbons (Fsp3) is 0.200. The number of hydrogen-bond donors (Lipinski definition) is 1. The predicted molar refractivity (Wildman–Crippen MR) is 89.7 cm³/mol. The first-order chi connectivity index (χ1) is 10.7. The third-order valence-electron chi connectivity index (χ3n) is 4.67. The van der Waals surface area contributed by atoms with Crippen molar-refractivity contribution in [1.29, 1.82) is 0 Å². The second-order valence-electron chi connectivity index (χ2n) is 5.95. The van der Waals surface area contributed by atoms with Crippen LogP contribution in [-0.2, 0) is 12.8 Å². The van der Waals surface area contributed by atoms with Crippen molar-refractivity contribution in [2.45, 2.75) is 19.8 Å². The Morgan fingerprint density at radius 3 is 2.68 bits per heavy atom. The molecule has 0 atom stereocenters. The zero-order chi connectivity index (χ0) is 15.3. The van der Waals surface area contributed by atoms with Crippen molar-refractivity contribution < 1.29 is 9.84 Å². The van der Waals surface area contributed by atoms with Gasteiger partial charge in [-0.1, -0.05) is 24.3 Å². The number of rotatable bonds is 1. The van der Waals surface area contributed by atoms with Gasteiger partial charge in [0, 0.05) is 5.56 Å². The smallest absolute Gasteiger partial charge is 0.122 e. The maximum absolute atomic E-state index is 10.5. The van der Waals surface area contributed by atoms with E-state index >= 15 is 0 Å². The molecule has 4 rings (SSSR count). The molecule has 0 unspecified atom stereocenters. The van der Waals surface area contributed by atoms with Gasteiger partial charge in [-0.2, -0.15) is 0 Å². The second-order valence-corrected chi connectivity index (χ2v) is 5.95. The maximum atomic E-state index is 10.5. The normalized spacial score (nSPS) is 12.8. The molecule has 0 aliphatic heterocycles. The zero-order valence-corrected chi connectivity index (χ0v) is 12.8. The lowest BCUT2D eigenvalue weighted by atomic mass is 9.82. The number of methoxy groups -OCH3 is 1. The quantitative estimate of drug-likeness (QED) is 0.708. The molecular weight excluding hydrogens is 272 g/mol. The number of aryl methyl sites for hydroxylation is 2. The van der Waals surface area contributed by atoms with Crippen LogP contribution in [-0.4, -0.2) is 12.2 Å². The van der Waals surface area contributed by atoms with Gasteiger partial charge in [0.15, 0.2) is 0 Å². The predicted octanol–water partition coefficient (Wildman–Crippen LogP) is 4.63. The Balaban J connectivity index is 2.15. The van der Waals surface area contributed by atoms with E-state index in [4.69, 9.17) is 4.74 Å². The Morgan fingerprint density at radius 1 is 1.05 bits per heavy atom. The molecule has 3 aromatic carbocycles. The van der Waals surface area contributed by atoms with Crippen LogP contribution in [0.5, 0.6) is 11.5 Å². The van der Waals surface area contributed by atoms with Crippen molar-refractivity contribution in [1.82, 2.24) is 0 Å². The number of fused-ring (bicyclic) bond motifs is 5. The lowest BCUT2D eigenvalue weighted by Crippen LogP contribution is -2.05. The summed E-state index contributed by atoms with van der Waals surface area (Å²) < 4.78 is 5.50. The number of benzene rings is 3. The van der Waals surface area contributed by atoms with Gasteiger partial charge in [0.25, 0.3) is 0 Å². The largest absolute Gasteiger partial charge is 0.508 e. The van der Waals surface area contributed by atoms with Gasteiger partial charge in [0.1, 0.15) is 11.5 Å². The van der Waals surface area contributed by atoms with Crippen LogP contribution in [0.25, 0.3) is 21.9 Å². The highest BCUT2D eigenvalue weighted by atomic mass is 16.5. The average molecular weight is 290 g/mol. The van der Waals surface area contributed by atoms with Gasteiger partial charge in [-0.05, 0) is 71.0 Å². The van der Waals surface area contributed by atoms with Gasteiger partial charge in [0.2, 0.25) is 0 Å². The molecule has 0 fully saturated rings. The summed E-state index contributed by atoms with van der Waals surface area (Å²) in [5, 5.41) is 12.7. The van der Waals surface area contributed by atoms with Crippen LogP contribution < -0.4 is 4.74 Å². The third-order valence-corrected chi connectivity index (χ3v) is 4.67. The summed E-state index contributed by atoms with van der Waals surface area (Å²) in [6.45, 7) is 2.03. The Labute approximate surface area is 130 Å². The van der Waals surface area contributed by atoms with Crippen LogP contribution in [0.1, 0.15) is 16.7 Å². The van der Waals surface area contributed by atoms with Crippen molar-refractivity contribution in [3.05, 3.63) is 59.2 Å². The molecule has 22 heavy (non-hydrogen) atoms. The molecule has 1 aliphatic carbocycles. The summed E-state index contributed by atoms with van der Waals surface area (Å²) >= 11 is 0. The molecule has 2 heteroatoms. The number of phenols is 1. The highest BCUT2D eigenvalue weighted by Gasteiger charge is 2.22. The molecule has 0 spiro atoms. The van der Waals surface area contributed by atoms with Gasteiger partial charge in [0.05, 0.1) is 7.11 Å². The summed E-state index contributed by atoms with van der Waals surface area (Å²) in [4.78, 5) is 0. The van der Waals surface area contributed by atoms with Gasteiger partial charge >= 0.3 is 0 Å². The summed E-state index contributed by atoms with van der Waals surface area (Å²) in [6.07, 6.45) is 1.86. The molecule has 1 N–H and O–H groups in total. The van der Waals surface area contributed by atoms with E-state index in [1.807, 2.05) is 13.0 Å². The van der Waals surface area contributed by atoms with E-state index in [1.165, 1.54) is 11.1 Å². The summed E-state index contributed by atoms with van der Waals surface area (Å²) in [6, 6.07) is 14.6. The van der Waals surface area contributed by atoms with Crippen LogP contribution in [0.4, 0.5) is 0 Å². The highest BCUT2D eigenvalue weighted by molar-refractivity contribution is 6.02. The molecule has 2 nitrogen and oxygen atoms in total. The molecule has 110 valence electrons. The van der Waals surface area contributed by atoms with Gasteiger partial charge in [-0.3, -0.25) is 0 Å². The van der Waals surface area contributed by atoms with E-state index in [-0.39, 0.29) is 0 Å². The molecule has 0 bridgehead atoms. The van der Waals surface area contributed by atoms with E-state index in [9.17, 15) is 5.11 Å². The van der Waals surface area contributed by atoms with Crippen LogP contribution in [0.15, 0.2) is 42.5 Å². The Hall–Kier alpha value is -2.48. The van der Waals surface area contributed by atoms with Crippen molar-refractivity contribution in [2.24, 2.45) is 0 Å². The average Bonchev–Trinajstić information content (AvgIpc) is 2.54. The van der Waals surface area contributed by atoms with Gasteiger partial charge < -0.3 is 9.84 Å². The van der Waals surface area contributed by atoms with E-state index in [2.05, 4.69) is 36.4 Å². The molecule has 0 radical (unpaired) electrons. The molecule has 0 saturated heterocycles. The van der Waals surface area contributed by atoms with E-state index < -0.39 is 0 Å². The van der Waals surface area contributed by atoms with Crippen molar-refractivity contribution in [2.75, 3.05) is 7.11 Å². The van der Waals surface area contributed by atoms with Crippen LogP contribution in [0.2, 0.25) is 0 Å². The molecule has 3 aromatic rings. The molecule has 0 amide bonds. The lowest BCUT2D eigenvalue weighted by molar-refractivity contribution is 0.412. The fourth-order valence-electron chi connectivity index (χ4n) is 3.59. The molecule has 0 saturated carbocycles. The van der Waals surface area contributed by atoms with E-state index in [0.29, 0.717) is 5.75 Å². The molecule has 0 heterocycles. The standard InChI is InChI=1S/C20H18O2/c1-12-9-14-10-18(21)16-8-7-13-5-3-4-6-15(13)20(16)17(14)11-19(12)22-2/h3-6,9-11,21H,7-8H2,1-2H3. The molecule has 0 aromatic heterocycles. The summed E-state index contributed by atoms with van der Waals surface area (Å²) in [5.41, 5.74) is 5.88. The first-order valence-electron chi connectivity index (χ1n) is 7.60. The first kappa shape index (κ1) is 13.2. The van der Waals surface area contributed by atoms with Gasteiger partial charge in [-0.25, -0.2) is 0 Å². The Morgan fingerprint density at radius 2 is 1.86 bits per heavy atom. The molecular formula is C20H18O2. The topological polar surface area (TPSA) is 29.5 Å². The lowest BCUT2D eigenvalue weighted by Gasteiger charge is -2.23. The van der Waals surface area contributed by atoms with Crippen molar-refractivity contribution in [3.63, 3.8) is 0 Å². The van der Waals surface area contributed by atoms with Crippen LogP contribution >= 0.6 is 0 Å². The SMILES string of the molecule is COc1cc2c3c(c(O)cc2cc1C)CCc1ccccc1-3. The van der Waals surface area contributed by atoms with Crippen LogP contribution in [0.3, 0.4) is 0 Å². The van der Waals surface area contributed by atoms with Crippen molar-refractivity contribution >= 4 is 10.8 Å². The second kappa shape index (κ2) is 4.77. The number of phenolic OH excluding ortho intramolecular Hbond substituents is 1. The third kappa shape index (κ3) is 1.80. The minimum Gasteiger partial charge on any atom is -0.508 e. The van der Waals surface area contributed by atoms with Gasteiger partial charge in [-0.15, -0.1) is 0 Å². The zero-order valence-electron chi connectivity index (χ0n) is 12.8. The first-order valence-corrected chi connectivity index (χ1v) is 7.60. The Bertz CT molecular complexity index is 889. The minimum absolute atomic E-state index is 0.404. The highest BCUT2D eigenvalue weighted by Crippen LogP contribution is 2.44. The Kier molecular flexibility index (Phi) is 2.86. The van der Waals surface area contributed by atoms with Crippen LogP contribution in [0, 0.1) is 6.92 Å². The summed E-state index contributed by atoms with van der Waals surface area (Å²) in [5.74, 6) is 1.30. The summed E-state index contributed by atoms with van der Waals surface area (Å²) in [7, 11) is 1.70. The van der Waals surface area contributed by atoms with Crippen molar-refractivity contribution in [3.8, 4) is 22.6 Å².